The summed E-state index contributed by atoms with van der Waals surface area (Å²) < 4.78 is 25.3. The Hall–Kier alpha value is -1.53. The number of likely N-dealkylation sites (tertiary alicyclic amines) is 1. The molecule has 0 aromatic heterocycles. The number of ether oxygens (including phenoxy) is 2. The summed E-state index contributed by atoms with van der Waals surface area (Å²) in [5.74, 6) is -0.323. The van der Waals surface area contributed by atoms with E-state index in [1.165, 1.54) is 18.1 Å². The van der Waals surface area contributed by atoms with E-state index in [2.05, 4.69) is 0 Å². The van der Waals surface area contributed by atoms with E-state index < -0.39 is 17.5 Å². The molecule has 0 saturated carbocycles. The van der Waals surface area contributed by atoms with Gasteiger partial charge in [0.2, 0.25) is 0 Å². The van der Waals surface area contributed by atoms with Crippen LogP contribution < -0.4 is 10.5 Å². The van der Waals surface area contributed by atoms with E-state index in [0.717, 1.165) is 0 Å². The predicted octanol–water partition coefficient (Wildman–Crippen LogP) is 3.84. The van der Waals surface area contributed by atoms with Crippen molar-refractivity contribution in [3.63, 3.8) is 0 Å². The molecule has 5 nitrogen and oxygen atoms in total. The number of benzene rings is 1. The molecule has 1 fully saturated rings. The lowest BCUT2D eigenvalue weighted by molar-refractivity contribution is 0.00769. The quantitative estimate of drug-likeness (QED) is 0.891. The fraction of sp³-hybridized carbons (Fsp3) is 0.588. The van der Waals surface area contributed by atoms with Gasteiger partial charge in [-0.2, -0.15) is 0 Å². The Morgan fingerprint density at radius 1 is 1.46 bits per heavy atom. The highest BCUT2D eigenvalue weighted by Gasteiger charge is 2.38. The zero-order valence-electron chi connectivity index (χ0n) is 14.7. The molecule has 1 heterocycles. The molecule has 0 aliphatic carbocycles. The third-order valence-corrected chi connectivity index (χ3v) is 4.15. The fourth-order valence-electron chi connectivity index (χ4n) is 2.72. The highest BCUT2D eigenvalue weighted by molar-refractivity contribution is 6.31. The first-order chi connectivity index (χ1) is 11.0. The molecule has 1 unspecified atom stereocenters. The van der Waals surface area contributed by atoms with Crippen molar-refractivity contribution in [1.82, 2.24) is 4.90 Å². The minimum Gasteiger partial charge on any atom is -0.496 e. The van der Waals surface area contributed by atoms with E-state index in [1.807, 2.05) is 0 Å². The molecule has 1 aliphatic heterocycles. The summed E-state index contributed by atoms with van der Waals surface area (Å²) in [5, 5.41) is 0.00816. The monoisotopic (exact) mass is 358 g/mol. The number of hydrogen-bond donors (Lipinski definition) is 1. The van der Waals surface area contributed by atoms with Crippen LogP contribution in [0.3, 0.4) is 0 Å². The number of halogens is 2. The number of rotatable bonds is 3. The normalized spacial score (nSPS) is 16.6. The summed E-state index contributed by atoms with van der Waals surface area (Å²) in [7, 11) is 1.47. The summed E-state index contributed by atoms with van der Waals surface area (Å²) in [6.45, 7) is 7.88. The standard InChI is InChI=1S/C17H24ClFN2O3/c1-9(20)11-6-12(18)14(19)13(15(11)23-5)10-7-21(8-10)16(22)24-17(2,3)4/h6,9-10H,7-8,20H2,1-5H3. The third kappa shape index (κ3) is 3.75. The molecule has 1 amide bonds. The molecule has 7 heteroatoms. The van der Waals surface area contributed by atoms with Crippen LogP contribution >= 0.6 is 11.6 Å². The summed E-state index contributed by atoms with van der Waals surface area (Å²) in [4.78, 5) is 13.6. The van der Waals surface area contributed by atoms with E-state index in [1.54, 1.807) is 27.7 Å². The molecular formula is C17H24ClFN2O3. The second-order valence-electron chi connectivity index (χ2n) is 7.08. The number of nitrogens with two attached hydrogens (primary N) is 1. The molecular weight excluding hydrogens is 335 g/mol. The zero-order valence-corrected chi connectivity index (χ0v) is 15.4. The highest BCUT2D eigenvalue weighted by Crippen LogP contribution is 2.42. The van der Waals surface area contributed by atoms with Gasteiger partial charge in [0.05, 0.1) is 12.1 Å². The molecule has 2 rings (SSSR count). The van der Waals surface area contributed by atoms with Gasteiger partial charge in [-0.1, -0.05) is 11.6 Å². The van der Waals surface area contributed by atoms with Gasteiger partial charge < -0.3 is 20.1 Å². The average Bonchev–Trinajstić information content (AvgIpc) is 2.39. The first-order valence-corrected chi connectivity index (χ1v) is 8.22. The maximum atomic E-state index is 14.6. The van der Waals surface area contributed by atoms with Crippen LogP contribution in [-0.2, 0) is 4.74 Å². The first kappa shape index (κ1) is 18.8. The SMILES string of the molecule is COc1c(C(C)N)cc(Cl)c(F)c1C1CN(C(=O)OC(C)(C)C)C1. The van der Waals surface area contributed by atoms with Crippen LogP contribution in [0.25, 0.3) is 0 Å². The molecule has 1 atom stereocenters. The molecule has 2 N–H and O–H groups in total. The summed E-state index contributed by atoms with van der Waals surface area (Å²) in [5.41, 5.74) is 6.39. The van der Waals surface area contributed by atoms with Gasteiger partial charge in [-0.05, 0) is 33.8 Å². The smallest absolute Gasteiger partial charge is 0.410 e. The lowest BCUT2D eigenvalue weighted by Crippen LogP contribution is -2.50. The predicted molar refractivity (Wildman–Crippen MR) is 91.1 cm³/mol. The zero-order chi connectivity index (χ0) is 18.2. The Morgan fingerprint density at radius 3 is 2.50 bits per heavy atom. The molecule has 0 radical (unpaired) electrons. The third-order valence-electron chi connectivity index (χ3n) is 3.87. The molecule has 0 spiro atoms. The highest BCUT2D eigenvalue weighted by atomic mass is 35.5. The van der Waals surface area contributed by atoms with Gasteiger partial charge in [-0.3, -0.25) is 0 Å². The summed E-state index contributed by atoms with van der Waals surface area (Å²) in [6.07, 6.45) is -0.410. The second kappa shape index (κ2) is 6.76. The van der Waals surface area contributed by atoms with Gasteiger partial charge in [0.15, 0.2) is 0 Å². The fourth-order valence-corrected chi connectivity index (χ4v) is 2.94. The van der Waals surface area contributed by atoms with Gasteiger partial charge in [-0.25, -0.2) is 9.18 Å². The number of amides is 1. The van der Waals surface area contributed by atoms with Crippen molar-refractivity contribution in [2.45, 2.75) is 45.3 Å². The molecule has 1 aliphatic rings. The van der Waals surface area contributed by atoms with Gasteiger partial charge >= 0.3 is 6.09 Å². The lowest BCUT2D eigenvalue weighted by Gasteiger charge is -2.40. The van der Waals surface area contributed by atoms with Gasteiger partial charge in [0.1, 0.15) is 17.2 Å². The number of carbonyl (C=O) groups excluding carboxylic acids is 1. The molecule has 24 heavy (non-hydrogen) atoms. The van der Waals surface area contributed by atoms with Crippen molar-refractivity contribution in [3.8, 4) is 5.75 Å². The van der Waals surface area contributed by atoms with Gasteiger partial charge in [0, 0.05) is 36.2 Å². The van der Waals surface area contributed by atoms with Crippen molar-refractivity contribution in [2.24, 2.45) is 5.73 Å². The maximum absolute atomic E-state index is 14.6. The molecule has 1 saturated heterocycles. The van der Waals surface area contributed by atoms with E-state index >= 15 is 0 Å². The minimum absolute atomic E-state index is 0.00816. The van der Waals surface area contributed by atoms with Crippen molar-refractivity contribution in [3.05, 3.63) is 28.0 Å². The maximum Gasteiger partial charge on any atom is 0.410 e. The Kier molecular flexibility index (Phi) is 5.30. The molecule has 0 bridgehead atoms. The van der Waals surface area contributed by atoms with E-state index in [0.29, 0.717) is 30.0 Å². The number of methoxy groups -OCH3 is 1. The van der Waals surface area contributed by atoms with Crippen LogP contribution in [0.5, 0.6) is 5.75 Å². The number of nitrogens with zero attached hydrogens (tertiary/aromatic N) is 1. The average molecular weight is 359 g/mol. The van der Waals surface area contributed by atoms with Crippen molar-refractivity contribution < 1.29 is 18.7 Å². The lowest BCUT2D eigenvalue weighted by atomic mass is 9.88. The van der Waals surface area contributed by atoms with Crippen LogP contribution in [-0.4, -0.2) is 36.8 Å². The van der Waals surface area contributed by atoms with Gasteiger partial charge in [-0.15, -0.1) is 0 Å². The molecule has 1 aromatic carbocycles. The summed E-state index contributed by atoms with van der Waals surface area (Å²) in [6, 6.07) is 1.15. The van der Waals surface area contributed by atoms with Crippen molar-refractivity contribution in [2.75, 3.05) is 20.2 Å². The van der Waals surface area contributed by atoms with E-state index in [-0.39, 0.29) is 17.0 Å². The van der Waals surface area contributed by atoms with E-state index in [9.17, 15) is 9.18 Å². The summed E-state index contributed by atoms with van der Waals surface area (Å²) >= 11 is 6.01. The second-order valence-corrected chi connectivity index (χ2v) is 7.49. The van der Waals surface area contributed by atoms with Crippen LogP contribution in [0, 0.1) is 5.82 Å². The largest absolute Gasteiger partial charge is 0.496 e. The van der Waals surface area contributed by atoms with Crippen LogP contribution in [0.1, 0.15) is 50.8 Å². The van der Waals surface area contributed by atoms with Crippen molar-refractivity contribution >= 4 is 17.7 Å². The first-order valence-electron chi connectivity index (χ1n) is 7.84. The number of carbonyl (C=O) groups is 1. The van der Waals surface area contributed by atoms with Crippen LogP contribution in [0.2, 0.25) is 5.02 Å². The van der Waals surface area contributed by atoms with Crippen molar-refractivity contribution in [1.29, 1.82) is 0 Å². The topological polar surface area (TPSA) is 64.8 Å². The Labute approximate surface area is 146 Å². The Bertz CT molecular complexity index is 638. The van der Waals surface area contributed by atoms with Crippen LogP contribution in [0.15, 0.2) is 6.07 Å². The molecule has 1 aromatic rings. The number of hydrogen-bond acceptors (Lipinski definition) is 4. The van der Waals surface area contributed by atoms with Gasteiger partial charge in [0.25, 0.3) is 0 Å². The Balaban J connectivity index is 2.24. The molecule has 134 valence electrons. The van der Waals surface area contributed by atoms with E-state index in [4.69, 9.17) is 26.8 Å². The van der Waals surface area contributed by atoms with Crippen LogP contribution in [0.4, 0.5) is 9.18 Å². The minimum atomic E-state index is -0.566. The Morgan fingerprint density at radius 2 is 2.04 bits per heavy atom.